The van der Waals surface area contributed by atoms with Crippen LogP contribution in [0.1, 0.15) is 71.7 Å². The molecule has 0 aliphatic heterocycles. The molecule has 2 aromatic carbocycles. The zero-order valence-electron chi connectivity index (χ0n) is 19.8. The van der Waals surface area contributed by atoms with Gasteiger partial charge >= 0.3 is 5.63 Å². The van der Waals surface area contributed by atoms with Gasteiger partial charge in [-0.3, -0.25) is 9.52 Å². The highest BCUT2D eigenvalue weighted by molar-refractivity contribution is 7.92. The minimum Gasteiger partial charge on any atom is -0.506 e. The van der Waals surface area contributed by atoms with Gasteiger partial charge in [-0.2, -0.15) is 0 Å². The monoisotopic (exact) mass is 529 g/mol. The molecule has 0 amide bonds. The quantitative estimate of drug-likeness (QED) is 0.450. The van der Waals surface area contributed by atoms with Crippen LogP contribution in [-0.2, 0) is 16.4 Å². The Balaban J connectivity index is 1.55. The van der Waals surface area contributed by atoms with Crippen LogP contribution < -0.4 is 10.3 Å². The van der Waals surface area contributed by atoms with Crippen LogP contribution in [-0.4, -0.2) is 19.3 Å². The van der Waals surface area contributed by atoms with E-state index in [1.807, 2.05) is 0 Å². The van der Waals surface area contributed by atoms with Crippen molar-refractivity contribution in [3.63, 3.8) is 0 Å². The molecule has 5 rings (SSSR count). The summed E-state index contributed by atoms with van der Waals surface area (Å²) in [5.74, 6) is -3.22. The van der Waals surface area contributed by atoms with Gasteiger partial charge in [0.2, 0.25) is 0 Å². The number of fused-ring (bicyclic) bond motifs is 1. The fourth-order valence-corrected chi connectivity index (χ4v) is 6.11. The molecule has 1 aromatic heterocycles. The van der Waals surface area contributed by atoms with Crippen molar-refractivity contribution in [2.45, 2.75) is 55.8 Å². The van der Waals surface area contributed by atoms with Crippen LogP contribution in [0.25, 0.3) is 0 Å². The van der Waals surface area contributed by atoms with Crippen LogP contribution in [0.4, 0.5) is 14.5 Å². The molecule has 2 N–H and O–H groups in total. The Labute approximate surface area is 212 Å². The molecule has 194 valence electrons. The van der Waals surface area contributed by atoms with E-state index >= 15 is 0 Å². The Hall–Kier alpha value is -3.53. The summed E-state index contributed by atoms with van der Waals surface area (Å²) in [6.07, 6.45) is 4.43. The summed E-state index contributed by atoms with van der Waals surface area (Å²) in [4.78, 5) is 25.2. The lowest BCUT2D eigenvalue weighted by molar-refractivity contribution is 0.0968. The third-order valence-corrected chi connectivity index (χ3v) is 8.29. The molecule has 37 heavy (non-hydrogen) atoms. The number of Topliss-reactive ketones (excluding diaryl/α,β-unsaturated/α-hetero) is 1. The van der Waals surface area contributed by atoms with E-state index < -0.39 is 38.1 Å². The number of nitrogens with one attached hydrogen (secondary N) is 1. The Morgan fingerprint density at radius 2 is 1.76 bits per heavy atom. The molecule has 1 unspecified atom stereocenters. The molecule has 0 radical (unpaired) electrons. The maximum atomic E-state index is 14.1. The second kappa shape index (κ2) is 9.74. The van der Waals surface area contributed by atoms with Gasteiger partial charge in [-0.15, -0.1) is 0 Å². The molecule has 0 spiro atoms. The number of aromatic hydroxyl groups is 1. The standard InChI is InChI=1S/C27H25F2NO6S/c28-17-11-12-22(19(29)14-17)37(34,35)30-18-6-4-5-16(13-18)23(15-9-10-15)25-26(32)24-20(31)7-2-1-3-8-21(24)36-27(25)33/h4-6,11-15,23,30,32H,1-3,7-10H2. The van der Waals surface area contributed by atoms with E-state index in [0.29, 0.717) is 24.5 Å². The molecule has 0 bridgehead atoms. The first kappa shape index (κ1) is 25.1. The fourth-order valence-electron chi connectivity index (χ4n) is 5.00. The van der Waals surface area contributed by atoms with Crippen molar-refractivity contribution in [1.82, 2.24) is 0 Å². The van der Waals surface area contributed by atoms with E-state index in [4.69, 9.17) is 4.42 Å². The highest BCUT2D eigenvalue weighted by Gasteiger charge is 2.39. The topological polar surface area (TPSA) is 114 Å². The van der Waals surface area contributed by atoms with Crippen LogP contribution in [0.2, 0.25) is 0 Å². The summed E-state index contributed by atoms with van der Waals surface area (Å²) in [5.41, 5.74) is -0.0505. The van der Waals surface area contributed by atoms with E-state index in [0.717, 1.165) is 37.8 Å². The summed E-state index contributed by atoms with van der Waals surface area (Å²) < 4.78 is 60.8. The van der Waals surface area contributed by atoms with Gasteiger partial charge < -0.3 is 9.52 Å². The van der Waals surface area contributed by atoms with Gasteiger partial charge in [-0.25, -0.2) is 22.0 Å². The zero-order valence-corrected chi connectivity index (χ0v) is 20.6. The first-order valence-electron chi connectivity index (χ1n) is 12.2. The molecule has 2 aliphatic rings. The molecule has 1 atom stereocenters. The smallest absolute Gasteiger partial charge is 0.343 e. The zero-order chi connectivity index (χ0) is 26.3. The van der Waals surface area contributed by atoms with Crippen LogP contribution >= 0.6 is 0 Å². The SMILES string of the molecule is O=C1CCCCCc2oc(=O)c(C(c3cccc(NS(=O)(=O)c4ccc(F)cc4F)c3)C3CC3)c(O)c21. The molecule has 0 saturated heterocycles. The van der Waals surface area contributed by atoms with Crippen molar-refractivity contribution in [2.24, 2.45) is 5.92 Å². The normalized spacial score (nSPS) is 17.0. The summed E-state index contributed by atoms with van der Waals surface area (Å²) in [5, 5.41) is 11.2. The number of rotatable bonds is 6. The third kappa shape index (κ3) is 5.02. The molecule has 1 fully saturated rings. The highest BCUT2D eigenvalue weighted by atomic mass is 32.2. The van der Waals surface area contributed by atoms with Crippen molar-refractivity contribution >= 4 is 21.5 Å². The van der Waals surface area contributed by atoms with Gasteiger partial charge in [0, 0.05) is 30.5 Å². The number of carbonyl (C=O) groups is 1. The van der Waals surface area contributed by atoms with Crippen LogP contribution in [0, 0.1) is 17.6 Å². The summed E-state index contributed by atoms with van der Waals surface area (Å²) in [6, 6.07) is 8.39. The molecular weight excluding hydrogens is 504 g/mol. The van der Waals surface area contributed by atoms with Gasteiger partial charge in [-0.05, 0) is 61.4 Å². The number of carbonyl (C=O) groups excluding carboxylic acids is 1. The molecule has 10 heteroatoms. The van der Waals surface area contributed by atoms with E-state index in [9.17, 15) is 31.9 Å². The van der Waals surface area contributed by atoms with Gasteiger partial charge in [0.05, 0.1) is 11.1 Å². The number of sulfonamides is 1. The lowest BCUT2D eigenvalue weighted by Gasteiger charge is -2.21. The van der Waals surface area contributed by atoms with E-state index in [1.165, 1.54) is 12.1 Å². The lowest BCUT2D eigenvalue weighted by atomic mass is 9.85. The van der Waals surface area contributed by atoms with Crippen molar-refractivity contribution in [3.8, 4) is 5.75 Å². The van der Waals surface area contributed by atoms with Crippen molar-refractivity contribution < 1.29 is 31.5 Å². The second-order valence-corrected chi connectivity index (χ2v) is 11.2. The van der Waals surface area contributed by atoms with Crippen LogP contribution in [0.15, 0.2) is 56.6 Å². The average Bonchev–Trinajstić information content (AvgIpc) is 3.64. The van der Waals surface area contributed by atoms with Gasteiger partial charge in [0.15, 0.2) is 5.78 Å². The second-order valence-electron chi connectivity index (χ2n) is 9.55. The minimum atomic E-state index is -4.38. The predicted octanol–water partition coefficient (Wildman–Crippen LogP) is 5.27. The van der Waals surface area contributed by atoms with Gasteiger partial charge in [0.1, 0.15) is 28.0 Å². The van der Waals surface area contributed by atoms with Crippen molar-refractivity contribution in [3.05, 3.63) is 87.0 Å². The van der Waals surface area contributed by atoms with E-state index in [-0.39, 0.29) is 46.4 Å². The molecule has 1 saturated carbocycles. The Bertz CT molecular complexity index is 1540. The number of hydrogen-bond acceptors (Lipinski definition) is 6. The predicted molar refractivity (Wildman–Crippen MR) is 131 cm³/mol. The summed E-state index contributed by atoms with van der Waals surface area (Å²) in [7, 11) is -4.38. The highest BCUT2D eigenvalue weighted by Crippen LogP contribution is 2.49. The number of anilines is 1. The fraction of sp³-hybridized carbons (Fsp3) is 0.333. The van der Waals surface area contributed by atoms with Crippen molar-refractivity contribution in [2.75, 3.05) is 4.72 Å². The number of aryl methyl sites for hydroxylation is 1. The van der Waals surface area contributed by atoms with Gasteiger partial charge in [-0.1, -0.05) is 18.6 Å². The maximum absolute atomic E-state index is 14.1. The third-order valence-electron chi connectivity index (χ3n) is 6.88. The number of halogens is 2. The Morgan fingerprint density at radius 3 is 2.49 bits per heavy atom. The first-order chi connectivity index (χ1) is 17.7. The first-order valence-corrected chi connectivity index (χ1v) is 13.6. The summed E-state index contributed by atoms with van der Waals surface area (Å²) >= 11 is 0. The molecule has 1 heterocycles. The molecule has 2 aliphatic carbocycles. The minimum absolute atomic E-state index is 0.0141. The van der Waals surface area contributed by atoms with Crippen LogP contribution in [0.5, 0.6) is 5.75 Å². The van der Waals surface area contributed by atoms with E-state index in [2.05, 4.69) is 4.72 Å². The molecule has 7 nitrogen and oxygen atoms in total. The molecular formula is C27H25F2NO6S. The van der Waals surface area contributed by atoms with Crippen LogP contribution in [0.3, 0.4) is 0 Å². The van der Waals surface area contributed by atoms with E-state index in [1.54, 1.807) is 12.1 Å². The number of benzene rings is 2. The van der Waals surface area contributed by atoms with Gasteiger partial charge in [0.25, 0.3) is 10.0 Å². The van der Waals surface area contributed by atoms with Crippen molar-refractivity contribution in [1.29, 1.82) is 0 Å². The number of ketones is 1. The average molecular weight is 530 g/mol. The lowest BCUT2D eigenvalue weighted by Crippen LogP contribution is -2.21. The number of hydrogen-bond donors (Lipinski definition) is 2. The maximum Gasteiger partial charge on any atom is 0.343 e. The molecule has 3 aromatic rings. The summed E-state index contributed by atoms with van der Waals surface area (Å²) in [6.45, 7) is 0. The Kier molecular flexibility index (Phi) is 6.61. The largest absolute Gasteiger partial charge is 0.506 e. The Morgan fingerprint density at radius 1 is 1.00 bits per heavy atom.